The van der Waals surface area contributed by atoms with Crippen molar-refractivity contribution in [3.63, 3.8) is 0 Å². The van der Waals surface area contributed by atoms with Crippen LogP contribution in [-0.4, -0.2) is 23.2 Å². The van der Waals surface area contributed by atoms with Crippen LogP contribution in [0.5, 0.6) is 5.75 Å². The molecule has 0 radical (unpaired) electrons. The van der Waals surface area contributed by atoms with E-state index in [-0.39, 0.29) is 17.1 Å². The lowest BCUT2D eigenvalue weighted by molar-refractivity contribution is 0.102. The van der Waals surface area contributed by atoms with Crippen molar-refractivity contribution in [3.05, 3.63) is 35.4 Å². The maximum Gasteiger partial charge on any atom is 0.278 e. The van der Waals surface area contributed by atoms with Gasteiger partial charge in [0, 0.05) is 6.07 Å². The molecule has 1 aromatic heterocycles. The lowest BCUT2D eigenvalue weighted by Gasteiger charge is -2.07. The van der Waals surface area contributed by atoms with Gasteiger partial charge in [-0.05, 0) is 18.6 Å². The topological polar surface area (TPSA) is 93.0 Å². The Morgan fingerprint density at radius 1 is 1.55 bits per heavy atom. The number of nitrogens with zero attached hydrogens (tertiary/aromatic N) is 1. The molecule has 0 saturated heterocycles. The normalized spacial score (nSPS) is 10.3. The number of aromatic amines is 1. The number of aryl methyl sites for hydroxylation is 1. The van der Waals surface area contributed by atoms with Crippen molar-refractivity contribution in [2.45, 2.75) is 13.3 Å². The number of hydrogen-bond donors (Lipinski definition) is 3. The van der Waals surface area contributed by atoms with Crippen LogP contribution in [0.1, 0.15) is 23.1 Å². The summed E-state index contributed by atoms with van der Waals surface area (Å²) in [4.78, 5) is 12.0. The molecule has 4 N–H and O–H groups in total. The number of carbonyl (C=O) groups is 1. The first-order valence-electron chi connectivity index (χ1n) is 6.04. The molecule has 2 rings (SSSR count). The number of methoxy groups -OCH3 is 1. The van der Waals surface area contributed by atoms with Crippen molar-refractivity contribution in [2.24, 2.45) is 0 Å². The average Bonchev–Trinajstić information content (AvgIpc) is 2.82. The fraction of sp³-hybridized carbons (Fsp3) is 0.231. The minimum absolute atomic E-state index is 0.00907. The monoisotopic (exact) mass is 278 g/mol. The Labute approximate surface area is 115 Å². The van der Waals surface area contributed by atoms with Gasteiger partial charge in [0.15, 0.2) is 5.69 Å². The summed E-state index contributed by atoms with van der Waals surface area (Å²) in [6.07, 6.45) is 0.625. The Morgan fingerprint density at radius 3 is 2.90 bits per heavy atom. The van der Waals surface area contributed by atoms with E-state index < -0.39 is 11.7 Å². The van der Waals surface area contributed by atoms with E-state index in [0.717, 1.165) is 0 Å². The van der Waals surface area contributed by atoms with Gasteiger partial charge in [0.1, 0.15) is 11.6 Å². The number of hydrogen-bond acceptors (Lipinski definition) is 4. The maximum absolute atomic E-state index is 13.6. The van der Waals surface area contributed by atoms with Gasteiger partial charge in [0.2, 0.25) is 0 Å². The summed E-state index contributed by atoms with van der Waals surface area (Å²) in [5.41, 5.74) is 6.78. The molecule has 20 heavy (non-hydrogen) atoms. The molecule has 0 aliphatic rings. The fourth-order valence-corrected chi connectivity index (χ4v) is 1.74. The number of nitrogens with one attached hydrogen (secondary N) is 2. The highest BCUT2D eigenvalue weighted by molar-refractivity contribution is 6.06. The summed E-state index contributed by atoms with van der Waals surface area (Å²) in [5, 5.41) is 8.94. The molecule has 0 aliphatic carbocycles. The highest BCUT2D eigenvalue weighted by atomic mass is 19.1. The molecule has 2 aromatic rings. The number of nitrogens with two attached hydrogens (primary N) is 1. The lowest BCUT2D eigenvalue weighted by Crippen LogP contribution is -2.15. The summed E-state index contributed by atoms with van der Waals surface area (Å²) in [6, 6.07) is 4.06. The van der Waals surface area contributed by atoms with Crippen LogP contribution < -0.4 is 15.8 Å². The number of aromatic nitrogens is 2. The molecule has 0 bridgehead atoms. The number of rotatable bonds is 4. The summed E-state index contributed by atoms with van der Waals surface area (Å²) in [7, 11) is 1.46. The van der Waals surface area contributed by atoms with Crippen LogP contribution in [0.15, 0.2) is 18.2 Å². The Hall–Kier alpha value is -2.57. The molecule has 6 nitrogen and oxygen atoms in total. The van der Waals surface area contributed by atoms with E-state index in [4.69, 9.17) is 10.5 Å². The van der Waals surface area contributed by atoms with E-state index in [0.29, 0.717) is 17.9 Å². The Bertz CT molecular complexity index is 639. The largest absolute Gasteiger partial charge is 0.497 e. The van der Waals surface area contributed by atoms with Crippen LogP contribution in [0.25, 0.3) is 0 Å². The van der Waals surface area contributed by atoms with Gasteiger partial charge in [0.05, 0.1) is 24.2 Å². The van der Waals surface area contributed by atoms with Gasteiger partial charge >= 0.3 is 0 Å². The molecule has 0 spiro atoms. The minimum atomic E-state index is -0.578. The number of ether oxygens (including phenoxy) is 1. The maximum atomic E-state index is 13.6. The van der Waals surface area contributed by atoms with Crippen LogP contribution in [0.4, 0.5) is 15.8 Å². The molecule has 7 heteroatoms. The average molecular weight is 278 g/mol. The van der Waals surface area contributed by atoms with Crippen LogP contribution in [-0.2, 0) is 6.42 Å². The number of benzene rings is 1. The van der Waals surface area contributed by atoms with Crippen LogP contribution in [0.3, 0.4) is 0 Å². The second-order valence-electron chi connectivity index (χ2n) is 4.12. The number of H-pyrrole nitrogens is 1. The molecular formula is C13H15FN4O2. The van der Waals surface area contributed by atoms with Gasteiger partial charge in [-0.2, -0.15) is 5.10 Å². The van der Waals surface area contributed by atoms with Crippen LogP contribution >= 0.6 is 0 Å². The SMILES string of the molecule is CCc1[nH]nc(C(=O)Nc2cc(OC)ccc2F)c1N. The zero-order valence-corrected chi connectivity index (χ0v) is 11.2. The third kappa shape index (κ3) is 2.56. The highest BCUT2D eigenvalue weighted by Gasteiger charge is 2.18. The van der Waals surface area contributed by atoms with Crippen molar-refractivity contribution in [1.82, 2.24) is 10.2 Å². The molecule has 0 atom stereocenters. The fourth-order valence-electron chi connectivity index (χ4n) is 1.74. The Morgan fingerprint density at radius 2 is 2.30 bits per heavy atom. The molecule has 1 aromatic carbocycles. The molecule has 0 aliphatic heterocycles. The predicted octanol–water partition coefficient (Wildman–Crippen LogP) is 1.95. The van der Waals surface area contributed by atoms with Crippen molar-refractivity contribution in [1.29, 1.82) is 0 Å². The quantitative estimate of drug-likeness (QED) is 0.797. The second-order valence-corrected chi connectivity index (χ2v) is 4.12. The zero-order chi connectivity index (χ0) is 14.7. The molecular weight excluding hydrogens is 263 g/mol. The van der Waals surface area contributed by atoms with E-state index in [2.05, 4.69) is 15.5 Å². The standard InChI is InChI=1S/C13H15FN4O2/c1-3-9-11(15)12(18-17-9)13(19)16-10-6-7(20-2)4-5-8(10)14/h4-6H,3,15H2,1-2H3,(H,16,19)(H,17,18). The van der Waals surface area contributed by atoms with E-state index in [1.54, 1.807) is 0 Å². The minimum Gasteiger partial charge on any atom is -0.497 e. The Kier molecular flexibility index (Phi) is 3.88. The molecule has 0 fully saturated rings. The zero-order valence-electron chi connectivity index (χ0n) is 11.2. The second kappa shape index (κ2) is 5.60. The number of carbonyl (C=O) groups excluding carboxylic acids is 1. The van der Waals surface area contributed by atoms with Gasteiger partial charge in [0.25, 0.3) is 5.91 Å². The summed E-state index contributed by atoms with van der Waals surface area (Å²) < 4.78 is 18.6. The summed E-state index contributed by atoms with van der Waals surface area (Å²) in [5.74, 6) is -0.708. The lowest BCUT2D eigenvalue weighted by atomic mass is 10.2. The summed E-state index contributed by atoms with van der Waals surface area (Å²) >= 11 is 0. The first-order chi connectivity index (χ1) is 9.56. The van der Waals surface area contributed by atoms with Gasteiger partial charge in [-0.25, -0.2) is 4.39 Å². The molecule has 0 saturated carbocycles. The van der Waals surface area contributed by atoms with Crippen LogP contribution in [0, 0.1) is 5.82 Å². The summed E-state index contributed by atoms with van der Waals surface area (Å²) in [6.45, 7) is 1.88. The highest BCUT2D eigenvalue weighted by Crippen LogP contribution is 2.22. The number of amides is 1. The molecule has 0 unspecified atom stereocenters. The first-order valence-corrected chi connectivity index (χ1v) is 6.04. The van der Waals surface area contributed by atoms with Gasteiger partial charge in [-0.3, -0.25) is 9.89 Å². The molecule has 106 valence electrons. The molecule has 1 amide bonds. The van der Waals surface area contributed by atoms with Crippen molar-refractivity contribution >= 4 is 17.3 Å². The van der Waals surface area contributed by atoms with E-state index >= 15 is 0 Å². The first kappa shape index (κ1) is 13.9. The molecule has 1 heterocycles. The van der Waals surface area contributed by atoms with Gasteiger partial charge in [-0.15, -0.1) is 0 Å². The Balaban J connectivity index is 2.25. The number of halogens is 1. The van der Waals surface area contributed by atoms with Crippen molar-refractivity contribution < 1.29 is 13.9 Å². The number of nitrogen functional groups attached to an aromatic ring is 1. The van der Waals surface area contributed by atoms with Crippen molar-refractivity contribution in [2.75, 3.05) is 18.2 Å². The van der Waals surface area contributed by atoms with Crippen LogP contribution in [0.2, 0.25) is 0 Å². The van der Waals surface area contributed by atoms with Gasteiger partial charge in [-0.1, -0.05) is 6.92 Å². The smallest absolute Gasteiger partial charge is 0.278 e. The van der Waals surface area contributed by atoms with E-state index in [1.165, 1.54) is 25.3 Å². The third-order valence-corrected chi connectivity index (χ3v) is 2.87. The van der Waals surface area contributed by atoms with Gasteiger partial charge < -0.3 is 15.8 Å². The third-order valence-electron chi connectivity index (χ3n) is 2.87. The number of anilines is 2. The van der Waals surface area contributed by atoms with E-state index in [1.807, 2.05) is 6.92 Å². The predicted molar refractivity (Wildman–Crippen MR) is 73.3 cm³/mol. The van der Waals surface area contributed by atoms with E-state index in [9.17, 15) is 9.18 Å². The van der Waals surface area contributed by atoms with Crippen molar-refractivity contribution in [3.8, 4) is 5.75 Å².